The van der Waals surface area contributed by atoms with Crippen LogP contribution in [0, 0.1) is 20.8 Å². The Hall–Kier alpha value is -0.910. The molecule has 2 N–H and O–H groups in total. The normalized spacial score (nSPS) is 13.5. The molecule has 108 valence electrons. The summed E-state index contributed by atoms with van der Waals surface area (Å²) in [6.07, 6.45) is 0.604. The number of aliphatic hydroxyl groups excluding tert-OH is 1. The van der Waals surface area contributed by atoms with Gasteiger partial charge in [-0.25, -0.2) is 13.1 Å². The van der Waals surface area contributed by atoms with Crippen LogP contribution in [-0.2, 0) is 10.0 Å². The van der Waals surface area contributed by atoms with Crippen LogP contribution in [0.15, 0.2) is 17.0 Å². The van der Waals surface area contributed by atoms with Crippen LogP contribution in [-0.4, -0.2) is 26.2 Å². The molecule has 0 spiro atoms. The summed E-state index contributed by atoms with van der Waals surface area (Å²) >= 11 is 0. The SMILES string of the molecule is CCC(O)CCNS(=O)(=O)c1c(C)cc(C)cc1C. The first-order valence-electron chi connectivity index (χ1n) is 6.53. The monoisotopic (exact) mass is 285 g/mol. The Morgan fingerprint density at radius 2 is 1.74 bits per heavy atom. The molecule has 0 saturated carbocycles. The Morgan fingerprint density at radius 3 is 2.21 bits per heavy atom. The number of rotatable bonds is 6. The van der Waals surface area contributed by atoms with Gasteiger partial charge >= 0.3 is 0 Å². The molecule has 0 saturated heterocycles. The minimum Gasteiger partial charge on any atom is -0.393 e. The third kappa shape index (κ3) is 4.30. The van der Waals surface area contributed by atoms with Gasteiger partial charge in [0.25, 0.3) is 0 Å². The lowest BCUT2D eigenvalue weighted by atomic mass is 10.1. The lowest BCUT2D eigenvalue weighted by molar-refractivity contribution is 0.162. The first kappa shape index (κ1) is 16.1. The molecule has 0 aliphatic rings. The van der Waals surface area contributed by atoms with Crippen molar-refractivity contribution >= 4 is 10.0 Å². The van der Waals surface area contributed by atoms with E-state index < -0.39 is 16.1 Å². The second-order valence-corrected chi connectivity index (χ2v) is 6.68. The number of benzene rings is 1. The van der Waals surface area contributed by atoms with Gasteiger partial charge in [0, 0.05) is 6.54 Å². The van der Waals surface area contributed by atoms with Crippen LogP contribution in [0.3, 0.4) is 0 Å². The number of hydrogen-bond donors (Lipinski definition) is 2. The fourth-order valence-corrected chi connectivity index (χ4v) is 3.72. The van der Waals surface area contributed by atoms with Gasteiger partial charge in [-0.1, -0.05) is 24.6 Å². The number of aryl methyl sites for hydroxylation is 3. The van der Waals surface area contributed by atoms with Gasteiger partial charge in [0.2, 0.25) is 10.0 Å². The van der Waals surface area contributed by atoms with Crippen molar-refractivity contribution in [3.8, 4) is 0 Å². The Bertz CT molecular complexity index is 515. The zero-order valence-electron chi connectivity index (χ0n) is 12.0. The summed E-state index contributed by atoms with van der Waals surface area (Å²) in [5.41, 5.74) is 2.55. The van der Waals surface area contributed by atoms with E-state index in [0.717, 1.165) is 16.7 Å². The van der Waals surface area contributed by atoms with E-state index >= 15 is 0 Å². The molecule has 5 heteroatoms. The van der Waals surface area contributed by atoms with Crippen LogP contribution in [0.1, 0.15) is 36.5 Å². The maximum Gasteiger partial charge on any atom is 0.241 e. The zero-order valence-corrected chi connectivity index (χ0v) is 12.8. The number of sulfonamides is 1. The molecule has 0 radical (unpaired) electrons. The predicted octanol–water partition coefficient (Wildman–Crippen LogP) is 2.05. The average Bonchev–Trinajstić information content (AvgIpc) is 2.26. The largest absolute Gasteiger partial charge is 0.393 e. The van der Waals surface area contributed by atoms with E-state index in [1.54, 1.807) is 13.8 Å². The molecule has 0 bridgehead atoms. The van der Waals surface area contributed by atoms with Crippen molar-refractivity contribution in [3.63, 3.8) is 0 Å². The lowest BCUT2D eigenvalue weighted by Gasteiger charge is -2.14. The molecule has 1 aromatic carbocycles. The first-order chi connectivity index (χ1) is 8.77. The second kappa shape index (κ2) is 6.50. The Balaban J connectivity index is 2.89. The molecule has 0 amide bonds. The van der Waals surface area contributed by atoms with Gasteiger partial charge in [-0.05, 0) is 44.7 Å². The Labute approximate surface area is 115 Å². The van der Waals surface area contributed by atoms with E-state index in [9.17, 15) is 13.5 Å². The van der Waals surface area contributed by atoms with Gasteiger partial charge in [-0.15, -0.1) is 0 Å². The smallest absolute Gasteiger partial charge is 0.241 e. The molecule has 0 aliphatic carbocycles. The molecule has 19 heavy (non-hydrogen) atoms. The summed E-state index contributed by atoms with van der Waals surface area (Å²) in [7, 11) is -3.50. The first-order valence-corrected chi connectivity index (χ1v) is 8.01. The summed E-state index contributed by atoms with van der Waals surface area (Å²) in [5, 5.41) is 9.44. The van der Waals surface area contributed by atoms with E-state index in [1.165, 1.54) is 0 Å². The molecule has 0 fully saturated rings. The number of hydrogen-bond acceptors (Lipinski definition) is 3. The molecule has 1 rings (SSSR count). The topological polar surface area (TPSA) is 66.4 Å². The Kier molecular flexibility index (Phi) is 5.52. The molecule has 0 aliphatic heterocycles. The van der Waals surface area contributed by atoms with Crippen molar-refractivity contribution in [3.05, 3.63) is 28.8 Å². The number of nitrogens with one attached hydrogen (secondary N) is 1. The molecule has 0 aromatic heterocycles. The number of aliphatic hydroxyl groups is 1. The van der Waals surface area contributed by atoms with Gasteiger partial charge in [0.15, 0.2) is 0 Å². The highest BCUT2D eigenvalue weighted by Gasteiger charge is 2.19. The quantitative estimate of drug-likeness (QED) is 0.840. The molecule has 1 aromatic rings. The van der Waals surface area contributed by atoms with Gasteiger partial charge in [-0.2, -0.15) is 0 Å². The van der Waals surface area contributed by atoms with E-state index in [1.807, 2.05) is 26.0 Å². The summed E-state index contributed by atoms with van der Waals surface area (Å²) < 4.78 is 27.1. The van der Waals surface area contributed by atoms with Crippen LogP contribution in [0.5, 0.6) is 0 Å². The van der Waals surface area contributed by atoms with Gasteiger partial charge in [0.05, 0.1) is 11.0 Å². The van der Waals surface area contributed by atoms with E-state index in [0.29, 0.717) is 17.7 Å². The van der Waals surface area contributed by atoms with Gasteiger partial charge in [0.1, 0.15) is 0 Å². The van der Waals surface area contributed by atoms with Gasteiger partial charge in [-0.3, -0.25) is 0 Å². The molecule has 0 heterocycles. The van der Waals surface area contributed by atoms with Crippen molar-refractivity contribution in [2.45, 2.75) is 51.5 Å². The third-order valence-electron chi connectivity index (χ3n) is 3.11. The molecule has 1 unspecified atom stereocenters. The molecular formula is C14H23NO3S. The van der Waals surface area contributed by atoms with Gasteiger partial charge < -0.3 is 5.11 Å². The summed E-state index contributed by atoms with van der Waals surface area (Å²) in [4.78, 5) is 0.351. The minimum atomic E-state index is -3.50. The summed E-state index contributed by atoms with van der Waals surface area (Å²) in [6, 6.07) is 3.73. The highest BCUT2D eigenvalue weighted by Crippen LogP contribution is 2.21. The van der Waals surface area contributed by atoms with Crippen molar-refractivity contribution in [1.82, 2.24) is 4.72 Å². The Morgan fingerprint density at radius 1 is 1.21 bits per heavy atom. The average molecular weight is 285 g/mol. The zero-order chi connectivity index (χ0) is 14.6. The van der Waals surface area contributed by atoms with Crippen LogP contribution < -0.4 is 4.72 Å². The highest BCUT2D eigenvalue weighted by atomic mass is 32.2. The molecule has 1 atom stereocenters. The van der Waals surface area contributed by atoms with Crippen molar-refractivity contribution in [2.24, 2.45) is 0 Å². The fourth-order valence-electron chi connectivity index (χ4n) is 2.23. The predicted molar refractivity (Wildman–Crippen MR) is 76.8 cm³/mol. The van der Waals surface area contributed by atoms with Crippen LogP contribution >= 0.6 is 0 Å². The lowest BCUT2D eigenvalue weighted by Crippen LogP contribution is -2.28. The fraction of sp³-hybridized carbons (Fsp3) is 0.571. The van der Waals surface area contributed by atoms with E-state index in [4.69, 9.17) is 0 Å². The summed E-state index contributed by atoms with van der Waals surface area (Å²) in [5.74, 6) is 0. The van der Waals surface area contributed by atoms with Crippen molar-refractivity contribution in [2.75, 3.05) is 6.54 Å². The van der Waals surface area contributed by atoms with E-state index in [-0.39, 0.29) is 6.54 Å². The van der Waals surface area contributed by atoms with Crippen molar-refractivity contribution in [1.29, 1.82) is 0 Å². The summed E-state index contributed by atoms with van der Waals surface area (Å²) in [6.45, 7) is 7.67. The van der Waals surface area contributed by atoms with Crippen LogP contribution in [0.25, 0.3) is 0 Å². The van der Waals surface area contributed by atoms with Crippen LogP contribution in [0.4, 0.5) is 0 Å². The molecular weight excluding hydrogens is 262 g/mol. The maximum absolute atomic E-state index is 12.3. The molecule has 4 nitrogen and oxygen atoms in total. The maximum atomic E-state index is 12.3. The second-order valence-electron chi connectivity index (χ2n) is 4.98. The van der Waals surface area contributed by atoms with Crippen molar-refractivity contribution < 1.29 is 13.5 Å². The highest BCUT2D eigenvalue weighted by molar-refractivity contribution is 7.89. The van der Waals surface area contributed by atoms with Crippen LogP contribution in [0.2, 0.25) is 0 Å². The van der Waals surface area contributed by atoms with E-state index in [2.05, 4.69) is 4.72 Å². The minimum absolute atomic E-state index is 0.254. The third-order valence-corrected chi connectivity index (χ3v) is 4.88. The standard InChI is InChI=1S/C14H23NO3S/c1-5-13(16)6-7-15-19(17,18)14-11(3)8-10(2)9-12(14)4/h8-9,13,15-16H,5-7H2,1-4H3.